The SMILES string of the molecule is O=C(CCc1ccc(S(=O)(=O)NC2CC2)cc1)Nc1cccc(OC(F)(F)F)c1. The minimum Gasteiger partial charge on any atom is -0.406 e. The van der Waals surface area contributed by atoms with Crippen molar-refractivity contribution in [1.82, 2.24) is 4.72 Å². The zero-order chi connectivity index (χ0) is 21.1. The van der Waals surface area contributed by atoms with Crippen LogP contribution in [0.15, 0.2) is 53.4 Å². The number of sulfonamides is 1. The van der Waals surface area contributed by atoms with E-state index in [9.17, 15) is 26.4 Å². The van der Waals surface area contributed by atoms with Crippen LogP contribution in [0.3, 0.4) is 0 Å². The second-order valence-electron chi connectivity index (χ2n) is 6.66. The molecule has 1 amide bonds. The van der Waals surface area contributed by atoms with E-state index in [0.717, 1.165) is 30.5 Å². The van der Waals surface area contributed by atoms with Gasteiger partial charge in [-0.2, -0.15) is 0 Å². The van der Waals surface area contributed by atoms with Crippen LogP contribution in [0.25, 0.3) is 0 Å². The fourth-order valence-corrected chi connectivity index (χ4v) is 3.88. The van der Waals surface area contributed by atoms with Crippen LogP contribution in [-0.2, 0) is 21.2 Å². The van der Waals surface area contributed by atoms with Gasteiger partial charge in [0, 0.05) is 24.2 Å². The molecule has 0 heterocycles. The van der Waals surface area contributed by atoms with Gasteiger partial charge in [-0.3, -0.25) is 4.79 Å². The molecule has 0 spiro atoms. The number of ether oxygens (including phenoxy) is 1. The molecule has 0 unspecified atom stereocenters. The third-order valence-electron chi connectivity index (χ3n) is 4.12. The fraction of sp³-hybridized carbons (Fsp3) is 0.316. The number of aryl methyl sites for hydroxylation is 1. The molecule has 1 aliphatic carbocycles. The Kier molecular flexibility index (Phi) is 6.13. The first-order valence-corrected chi connectivity index (χ1v) is 10.4. The van der Waals surface area contributed by atoms with Crippen LogP contribution in [0.1, 0.15) is 24.8 Å². The molecule has 0 atom stereocenters. The van der Waals surface area contributed by atoms with Gasteiger partial charge in [0.05, 0.1) is 4.90 Å². The maximum Gasteiger partial charge on any atom is 0.573 e. The summed E-state index contributed by atoms with van der Waals surface area (Å²) in [6.45, 7) is 0. The van der Waals surface area contributed by atoms with E-state index in [-0.39, 0.29) is 29.0 Å². The third kappa shape index (κ3) is 6.75. The number of benzene rings is 2. The van der Waals surface area contributed by atoms with Crippen LogP contribution < -0.4 is 14.8 Å². The van der Waals surface area contributed by atoms with Crippen molar-refractivity contribution >= 4 is 21.6 Å². The van der Waals surface area contributed by atoms with Crippen molar-refractivity contribution in [3.63, 3.8) is 0 Å². The number of carbonyl (C=O) groups excluding carboxylic acids is 1. The maximum absolute atomic E-state index is 12.3. The first-order valence-electron chi connectivity index (χ1n) is 8.88. The molecule has 0 saturated heterocycles. The number of carbonyl (C=O) groups is 1. The zero-order valence-electron chi connectivity index (χ0n) is 15.2. The lowest BCUT2D eigenvalue weighted by Crippen LogP contribution is -2.25. The maximum atomic E-state index is 12.3. The van der Waals surface area contributed by atoms with Gasteiger partial charge in [-0.25, -0.2) is 13.1 Å². The minimum atomic E-state index is -4.81. The Morgan fingerprint density at radius 3 is 2.41 bits per heavy atom. The van der Waals surface area contributed by atoms with Gasteiger partial charge in [-0.15, -0.1) is 13.2 Å². The smallest absolute Gasteiger partial charge is 0.406 e. The van der Waals surface area contributed by atoms with E-state index in [1.165, 1.54) is 24.3 Å². The Balaban J connectivity index is 1.52. The molecule has 0 aromatic heterocycles. The predicted octanol–water partition coefficient (Wildman–Crippen LogP) is 3.60. The third-order valence-corrected chi connectivity index (χ3v) is 5.66. The summed E-state index contributed by atoms with van der Waals surface area (Å²) in [5.41, 5.74) is 0.948. The van der Waals surface area contributed by atoms with Crippen LogP contribution >= 0.6 is 0 Å². The molecule has 0 bridgehead atoms. The van der Waals surface area contributed by atoms with Gasteiger partial charge >= 0.3 is 6.36 Å². The first-order chi connectivity index (χ1) is 13.6. The molecule has 3 rings (SSSR count). The molecule has 10 heteroatoms. The number of hydrogen-bond donors (Lipinski definition) is 2. The number of halogens is 3. The molecule has 6 nitrogen and oxygen atoms in total. The van der Waals surface area contributed by atoms with Gasteiger partial charge in [0.1, 0.15) is 5.75 Å². The van der Waals surface area contributed by atoms with E-state index < -0.39 is 22.1 Å². The number of alkyl halides is 3. The molecule has 1 fully saturated rings. The summed E-state index contributed by atoms with van der Waals surface area (Å²) in [6, 6.07) is 11.3. The lowest BCUT2D eigenvalue weighted by atomic mass is 10.1. The Hall–Kier alpha value is -2.59. The standard InChI is InChI=1S/C19H19F3N2O4S/c20-19(21,22)28-16-3-1-2-15(12-16)23-18(25)11-6-13-4-9-17(10-5-13)29(26,27)24-14-7-8-14/h1-5,9-10,12,14,24H,6-8,11H2,(H,23,25). The average Bonchev–Trinajstić information content (AvgIpc) is 3.42. The van der Waals surface area contributed by atoms with Crippen molar-refractivity contribution in [1.29, 1.82) is 0 Å². The highest BCUT2D eigenvalue weighted by Gasteiger charge is 2.31. The second-order valence-corrected chi connectivity index (χ2v) is 8.38. The molecular formula is C19H19F3N2O4S. The molecule has 1 aliphatic rings. The second kappa shape index (κ2) is 8.42. The van der Waals surface area contributed by atoms with Gasteiger partial charge in [0.15, 0.2) is 0 Å². The van der Waals surface area contributed by atoms with E-state index in [1.807, 2.05) is 0 Å². The average molecular weight is 428 g/mol. The van der Waals surface area contributed by atoms with Crippen molar-refractivity contribution in [2.75, 3.05) is 5.32 Å². The van der Waals surface area contributed by atoms with Gasteiger partial charge in [0.25, 0.3) is 0 Å². The fourth-order valence-electron chi connectivity index (χ4n) is 2.58. The largest absolute Gasteiger partial charge is 0.573 e. The molecule has 1 saturated carbocycles. The van der Waals surface area contributed by atoms with E-state index in [2.05, 4.69) is 14.8 Å². The van der Waals surface area contributed by atoms with E-state index >= 15 is 0 Å². The molecule has 2 aromatic rings. The Bertz CT molecular complexity index is 972. The number of amides is 1. The summed E-state index contributed by atoms with van der Waals surface area (Å²) in [4.78, 5) is 12.2. The summed E-state index contributed by atoms with van der Waals surface area (Å²) in [6.07, 6.45) is -2.69. The summed E-state index contributed by atoms with van der Waals surface area (Å²) in [5, 5.41) is 2.51. The van der Waals surface area contributed by atoms with Crippen LogP contribution in [-0.4, -0.2) is 26.7 Å². The van der Waals surface area contributed by atoms with E-state index in [0.29, 0.717) is 6.42 Å². The highest BCUT2D eigenvalue weighted by molar-refractivity contribution is 7.89. The highest BCUT2D eigenvalue weighted by atomic mass is 32.2. The van der Waals surface area contributed by atoms with Crippen molar-refractivity contribution in [2.45, 2.75) is 43.0 Å². The van der Waals surface area contributed by atoms with Crippen LogP contribution in [0, 0.1) is 0 Å². The molecule has 0 aliphatic heterocycles. The highest BCUT2D eigenvalue weighted by Crippen LogP contribution is 2.25. The predicted molar refractivity (Wildman–Crippen MR) is 99.9 cm³/mol. The summed E-state index contributed by atoms with van der Waals surface area (Å²) in [5.74, 6) is -0.812. The van der Waals surface area contributed by atoms with Gasteiger partial charge in [0.2, 0.25) is 15.9 Å². The lowest BCUT2D eigenvalue weighted by Gasteiger charge is -2.11. The summed E-state index contributed by atoms with van der Waals surface area (Å²) in [7, 11) is -3.52. The van der Waals surface area contributed by atoms with Gasteiger partial charge < -0.3 is 10.1 Å². The molecular weight excluding hydrogens is 409 g/mol. The van der Waals surface area contributed by atoms with Crippen LogP contribution in [0.5, 0.6) is 5.75 Å². The van der Waals surface area contributed by atoms with E-state index in [4.69, 9.17) is 0 Å². The van der Waals surface area contributed by atoms with Gasteiger partial charge in [-0.05, 0) is 49.1 Å². The normalized spacial score (nSPS) is 14.4. The first kappa shape index (κ1) is 21.1. The quantitative estimate of drug-likeness (QED) is 0.673. The molecule has 0 radical (unpaired) electrons. The number of hydrogen-bond acceptors (Lipinski definition) is 4. The number of anilines is 1. The van der Waals surface area contributed by atoms with Crippen molar-refractivity contribution < 1.29 is 31.1 Å². The Morgan fingerprint density at radius 1 is 1.10 bits per heavy atom. The number of nitrogens with one attached hydrogen (secondary N) is 2. The van der Waals surface area contributed by atoms with Crippen LogP contribution in [0.4, 0.5) is 18.9 Å². The zero-order valence-corrected chi connectivity index (χ0v) is 16.0. The summed E-state index contributed by atoms with van der Waals surface area (Å²) >= 11 is 0. The molecule has 156 valence electrons. The lowest BCUT2D eigenvalue weighted by molar-refractivity contribution is -0.274. The molecule has 2 aromatic carbocycles. The minimum absolute atomic E-state index is 0.0170. The van der Waals surface area contributed by atoms with Crippen LogP contribution in [0.2, 0.25) is 0 Å². The number of rotatable bonds is 8. The van der Waals surface area contributed by atoms with Crippen molar-refractivity contribution in [3.8, 4) is 5.75 Å². The Morgan fingerprint density at radius 2 is 1.79 bits per heavy atom. The van der Waals surface area contributed by atoms with Crippen molar-refractivity contribution in [3.05, 3.63) is 54.1 Å². The molecule has 29 heavy (non-hydrogen) atoms. The monoisotopic (exact) mass is 428 g/mol. The van der Waals surface area contributed by atoms with Gasteiger partial charge in [-0.1, -0.05) is 18.2 Å². The molecule has 2 N–H and O–H groups in total. The Labute approximate surface area is 166 Å². The van der Waals surface area contributed by atoms with E-state index in [1.54, 1.807) is 12.1 Å². The van der Waals surface area contributed by atoms with Crippen molar-refractivity contribution in [2.24, 2.45) is 0 Å². The topological polar surface area (TPSA) is 84.5 Å². The summed E-state index contributed by atoms with van der Waals surface area (Å²) < 4.78 is 67.4.